The van der Waals surface area contributed by atoms with Crippen molar-refractivity contribution in [3.63, 3.8) is 0 Å². The number of rotatable bonds is 6. The van der Waals surface area contributed by atoms with E-state index in [1.165, 1.54) is 0 Å². The van der Waals surface area contributed by atoms with Gasteiger partial charge in [0, 0.05) is 4.90 Å². The van der Waals surface area contributed by atoms with Crippen LogP contribution in [0.5, 0.6) is 0 Å². The lowest BCUT2D eigenvalue weighted by Gasteiger charge is -2.11. The molecule has 1 fully saturated rings. The summed E-state index contributed by atoms with van der Waals surface area (Å²) >= 11 is 0. The summed E-state index contributed by atoms with van der Waals surface area (Å²) in [5.41, 5.74) is 1.07. The first-order valence-corrected chi connectivity index (χ1v) is 7.95. The zero-order valence-electron chi connectivity index (χ0n) is 11.5. The molecular formula is C16H20O2S. The van der Waals surface area contributed by atoms with Crippen molar-refractivity contribution in [3.8, 4) is 0 Å². The Balaban J connectivity index is 2.22. The number of carbonyl (C=O) groups is 1. The molecule has 1 saturated carbocycles. The summed E-state index contributed by atoms with van der Waals surface area (Å²) in [6.45, 7) is 3.70. The largest absolute Gasteiger partial charge is 0.298 e. The zero-order valence-corrected chi connectivity index (χ0v) is 12.3. The number of unbranched alkanes of at least 4 members (excludes halogenated alkanes) is 2. The van der Waals surface area contributed by atoms with E-state index in [0.717, 1.165) is 29.7 Å². The fourth-order valence-corrected chi connectivity index (χ4v) is 4.03. The molecule has 0 heterocycles. The highest BCUT2D eigenvalue weighted by atomic mass is 32.2. The Hall–Kier alpha value is -1.22. The molecule has 2 rings (SSSR count). The highest BCUT2D eigenvalue weighted by molar-refractivity contribution is 7.88. The van der Waals surface area contributed by atoms with E-state index in [9.17, 15) is 9.00 Å². The molecule has 0 radical (unpaired) electrons. The number of allylic oxidation sites excluding steroid dienone is 1. The van der Waals surface area contributed by atoms with Crippen LogP contribution in [0, 0.1) is 0 Å². The fraction of sp³-hybridized carbons (Fsp3) is 0.438. The highest BCUT2D eigenvalue weighted by Gasteiger charge is 2.58. The van der Waals surface area contributed by atoms with Crippen LogP contribution in [0.2, 0.25) is 0 Å². The van der Waals surface area contributed by atoms with Crippen molar-refractivity contribution in [2.24, 2.45) is 0 Å². The van der Waals surface area contributed by atoms with Crippen LogP contribution in [-0.4, -0.2) is 14.7 Å². The van der Waals surface area contributed by atoms with Crippen LogP contribution in [0.3, 0.4) is 0 Å². The molecule has 0 aliphatic heterocycles. The molecule has 102 valence electrons. The molecule has 19 heavy (non-hydrogen) atoms. The van der Waals surface area contributed by atoms with Crippen molar-refractivity contribution in [2.75, 3.05) is 0 Å². The Morgan fingerprint density at radius 2 is 2.05 bits per heavy atom. The lowest BCUT2D eigenvalue weighted by molar-refractivity contribution is -0.116. The highest BCUT2D eigenvalue weighted by Crippen LogP contribution is 2.51. The molecule has 0 spiro atoms. The molecule has 1 aromatic carbocycles. The number of ketones is 1. The first-order chi connectivity index (χ1) is 9.13. The quantitative estimate of drug-likeness (QED) is 0.587. The molecule has 0 N–H and O–H groups in total. The van der Waals surface area contributed by atoms with Gasteiger partial charge in [0.15, 0.2) is 5.78 Å². The van der Waals surface area contributed by atoms with Crippen molar-refractivity contribution >= 4 is 16.6 Å². The second-order valence-corrected chi connectivity index (χ2v) is 6.72. The summed E-state index contributed by atoms with van der Waals surface area (Å²) in [5.74, 6) is 0.0254. The van der Waals surface area contributed by atoms with E-state index >= 15 is 0 Å². The lowest BCUT2D eigenvalue weighted by Crippen LogP contribution is -2.26. The van der Waals surface area contributed by atoms with Gasteiger partial charge in [-0.15, -0.1) is 0 Å². The van der Waals surface area contributed by atoms with Crippen LogP contribution in [0.1, 0.15) is 39.5 Å². The molecule has 0 bridgehead atoms. The van der Waals surface area contributed by atoms with Gasteiger partial charge in [0.1, 0.15) is 4.75 Å². The minimum atomic E-state index is -1.27. The van der Waals surface area contributed by atoms with Crippen molar-refractivity contribution in [1.29, 1.82) is 0 Å². The van der Waals surface area contributed by atoms with Crippen LogP contribution in [0.4, 0.5) is 0 Å². The van der Waals surface area contributed by atoms with Crippen LogP contribution >= 0.6 is 0 Å². The molecule has 1 aliphatic rings. The van der Waals surface area contributed by atoms with Crippen molar-refractivity contribution in [3.05, 3.63) is 42.0 Å². The lowest BCUT2D eigenvalue weighted by atomic mass is 10.2. The topological polar surface area (TPSA) is 34.1 Å². The number of benzene rings is 1. The maximum atomic E-state index is 12.7. The van der Waals surface area contributed by atoms with Gasteiger partial charge in [-0.05, 0) is 37.5 Å². The molecule has 2 unspecified atom stereocenters. The molecule has 1 aromatic rings. The van der Waals surface area contributed by atoms with E-state index in [-0.39, 0.29) is 5.78 Å². The van der Waals surface area contributed by atoms with Gasteiger partial charge in [-0.25, -0.2) is 0 Å². The van der Waals surface area contributed by atoms with E-state index in [0.29, 0.717) is 6.42 Å². The van der Waals surface area contributed by atoms with Gasteiger partial charge in [0.05, 0.1) is 10.8 Å². The third-order valence-electron chi connectivity index (χ3n) is 3.62. The predicted molar refractivity (Wildman–Crippen MR) is 78.5 cm³/mol. The van der Waals surface area contributed by atoms with Crippen LogP contribution in [0.15, 0.2) is 46.9 Å². The molecule has 2 nitrogen and oxygen atoms in total. The van der Waals surface area contributed by atoms with Crippen molar-refractivity contribution in [1.82, 2.24) is 0 Å². The van der Waals surface area contributed by atoms with E-state index in [4.69, 9.17) is 0 Å². The van der Waals surface area contributed by atoms with E-state index in [2.05, 4.69) is 13.0 Å². The smallest absolute Gasteiger partial charge is 0.153 e. The summed E-state index contributed by atoms with van der Waals surface area (Å²) in [6.07, 6.45) is 6.01. The minimum absolute atomic E-state index is 0.0254. The minimum Gasteiger partial charge on any atom is -0.298 e. The summed E-state index contributed by atoms with van der Waals surface area (Å²) in [6, 6.07) is 9.30. The van der Waals surface area contributed by atoms with Gasteiger partial charge in [-0.2, -0.15) is 0 Å². The molecule has 3 heteroatoms. The normalized spacial score (nSPS) is 25.3. The maximum absolute atomic E-state index is 12.7. The molecule has 0 amide bonds. The SMILES string of the molecule is CCCC/C=C1\CC1(C(C)=O)S(=O)c1ccccc1. The Bertz CT molecular complexity index is 519. The van der Waals surface area contributed by atoms with Gasteiger partial charge >= 0.3 is 0 Å². The molecule has 1 aliphatic carbocycles. The van der Waals surface area contributed by atoms with Gasteiger partial charge in [0.2, 0.25) is 0 Å². The second kappa shape index (κ2) is 5.83. The van der Waals surface area contributed by atoms with Crippen molar-refractivity contribution in [2.45, 2.75) is 49.2 Å². The standard InChI is InChI=1S/C16H20O2S/c1-3-4-6-9-14-12-16(14,13(2)17)19(18)15-10-7-5-8-11-15/h5,7-11H,3-4,6,12H2,1-2H3/b14-9+. The summed E-state index contributed by atoms with van der Waals surface area (Å²) < 4.78 is 11.9. The molecular weight excluding hydrogens is 256 g/mol. The van der Waals surface area contributed by atoms with E-state index in [1.54, 1.807) is 6.92 Å². The van der Waals surface area contributed by atoms with Crippen LogP contribution in [-0.2, 0) is 15.6 Å². The van der Waals surface area contributed by atoms with Crippen LogP contribution in [0.25, 0.3) is 0 Å². The first kappa shape index (κ1) is 14.2. The second-order valence-electron chi connectivity index (χ2n) is 5.01. The maximum Gasteiger partial charge on any atom is 0.153 e. The Morgan fingerprint density at radius 3 is 2.63 bits per heavy atom. The predicted octanol–water partition coefficient (Wildman–Crippen LogP) is 3.64. The molecule has 0 aromatic heterocycles. The average Bonchev–Trinajstić information content (AvgIpc) is 3.15. The zero-order chi connectivity index (χ0) is 13.9. The number of hydrogen-bond acceptors (Lipinski definition) is 2. The third kappa shape index (κ3) is 2.71. The number of Topliss-reactive ketones (excluding diaryl/α,β-unsaturated/α-hetero) is 1. The van der Waals surface area contributed by atoms with E-state index in [1.807, 2.05) is 30.3 Å². The van der Waals surface area contributed by atoms with Gasteiger partial charge in [-0.3, -0.25) is 9.00 Å². The first-order valence-electron chi connectivity index (χ1n) is 6.80. The van der Waals surface area contributed by atoms with Gasteiger partial charge in [0.25, 0.3) is 0 Å². The monoisotopic (exact) mass is 276 g/mol. The fourth-order valence-electron chi connectivity index (χ4n) is 2.35. The Labute approximate surface area is 117 Å². The number of hydrogen-bond donors (Lipinski definition) is 0. The Kier molecular flexibility index (Phi) is 4.35. The van der Waals surface area contributed by atoms with Gasteiger partial charge < -0.3 is 0 Å². The summed E-state index contributed by atoms with van der Waals surface area (Å²) in [4.78, 5) is 12.7. The van der Waals surface area contributed by atoms with E-state index < -0.39 is 15.5 Å². The summed E-state index contributed by atoms with van der Waals surface area (Å²) in [7, 11) is -1.27. The van der Waals surface area contributed by atoms with Crippen LogP contribution < -0.4 is 0 Å². The van der Waals surface area contributed by atoms with Crippen molar-refractivity contribution < 1.29 is 9.00 Å². The molecule has 0 saturated heterocycles. The van der Waals surface area contributed by atoms with Gasteiger partial charge in [-0.1, -0.05) is 44.0 Å². The molecule has 2 atom stereocenters. The number of carbonyl (C=O) groups excluding carboxylic acids is 1. The third-order valence-corrected chi connectivity index (χ3v) is 5.65. The Morgan fingerprint density at radius 1 is 1.37 bits per heavy atom. The average molecular weight is 276 g/mol. The summed E-state index contributed by atoms with van der Waals surface area (Å²) in [5, 5.41) is 0.